The van der Waals surface area contributed by atoms with Gasteiger partial charge in [0, 0.05) is 11.1 Å². The largest absolute Gasteiger partial charge is 0.338 e. The number of aromatic amines is 1. The molecule has 0 fully saturated rings. The predicted molar refractivity (Wildman–Crippen MR) is 79.5 cm³/mol. The summed E-state index contributed by atoms with van der Waals surface area (Å²) < 4.78 is 0. The third-order valence-corrected chi connectivity index (χ3v) is 3.23. The Morgan fingerprint density at radius 1 is 0.950 bits per heavy atom. The highest BCUT2D eigenvalue weighted by Crippen LogP contribution is 2.22. The van der Waals surface area contributed by atoms with E-state index in [1.165, 1.54) is 0 Å². The lowest BCUT2D eigenvalue weighted by Crippen LogP contribution is -1.90. The minimum Gasteiger partial charge on any atom is -0.338 e. The van der Waals surface area contributed by atoms with Crippen molar-refractivity contribution >= 4 is 5.78 Å². The Hall–Kier alpha value is -2.68. The average molecular weight is 262 g/mol. The Labute approximate surface area is 117 Å². The van der Waals surface area contributed by atoms with Gasteiger partial charge in [0.05, 0.1) is 11.9 Å². The number of ketones is 1. The molecule has 0 aliphatic carbocycles. The highest BCUT2D eigenvalue weighted by Gasteiger charge is 2.06. The van der Waals surface area contributed by atoms with Crippen LogP contribution in [0.1, 0.15) is 17.3 Å². The monoisotopic (exact) mass is 262 g/mol. The zero-order valence-electron chi connectivity index (χ0n) is 11.1. The topological polar surface area (TPSA) is 45.8 Å². The van der Waals surface area contributed by atoms with Gasteiger partial charge in [-0.25, -0.2) is 4.98 Å². The summed E-state index contributed by atoms with van der Waals surface area (Å²) in [6.07, 6.45) is 1.81. The van der Waals surface area contributed by atoms with E-state index in [9.17, 15) is 4.79 Å². The summed E-state index contributed by atoms with van der Waals surface area (Å²) in [5, 5.41) is 0. The van der Waals surface area contributed by atoms with Crippen molar-refractivity contribution in [2.45, 2.75) is 6.92 Å². The molecule has 0 amide bonds. The van der Waals surface area contributed by atoms with Gasteiger partial charge in [-0.1, -0.05) is 54.6 Å². The molecule has 0 saturated carbocycles. The molecule has 98 valence electrons. The fraction of sp³-hybridized carbons (Fsp3) is 0.0588. The minimum absolute atomic E-state index is 0.0751. The SMILES string of the molecule is CC(=O)c1ccc(-c2cnc(-c3ccccc3)[nH]2)cc1. The molecule has 3 rings (SSSR count). The standard InChI is InChI=1S/C17H14N2O/c1-12(20)13-7-9-14(10-8-13)16-11-18-17(19-16)15-5-3-2-4-6-15/h2-11H,1H3,(H,18,19). The Balaban J connectivity index is 1.92. The summed E-state index contributed by atoms with van der Waals surface area (Å²) >= 11 is 0. The highest BCUT2D eigenvalue weighted by molar-refractivity contribution is 5.94. The number of nitrogens with one attached hydrogen (secondary N) is 1. The molecule has 0 spiro atoms. The lowest BCUT2D eigenvalue weighted by Gasteiger charge is -2.00. The third kappa shape index (κ3) is 2.38. The van der Waals surface area contributed by atoms with E-state index in [2.05, 4.69) is 9.97 Å². The number of hydrogen-bond acceptors (Lipinski definition) is 2. The number of benzene rings is 2. The first-order valence-electron chi connectivity index (χ1n) is 6.46. The van der Waals surface area contributed by atoms with E-state index >= 15 is 0 Å². The van der Waals surface area contributed by atoms with Gasteiger partial charge in [0.1, 0.15) is 5.82 Å². The van der Waals surface area contributed by atoms with Gasteiger partial charge in [0.25, 0.3) is 0 Å². The smallest absolute Gasteiger partial charge is 0.159 e. The normalized spacial score (nSPS) is 10.4. The van der Waals surface area contributed by atoms with Crippen molar-refractivity contribution in [2.75, 3.05) is 0 Å². The van der Waals surface area contributed by atoms with E-state index in [0.29, 0.717) is 0 Å². The van der Waals surface area contributed by atoms with Crippen molar-refractivity contribution in [1.82, 2.24) is 9.97 Å². The summed E-state index contributed by atoms with van der Waals surface area (Å²) in [6.45, 7) is 1.57. The van der Waals surface area contributed by atoms with Gasteiger partial charge in [-0.2, -0.15) is 0 Å². The Morgan fingerprint density at radius 2 is 1.65 bits per heavy atom. The molecule has 3 aromatic rings. The maximum Gasteiger partial charge on any atom is 0.159 e. The molecule has 0 atom stereocenters. The average Bonchev–Trinajstić information content (AvgIpc) is 2.98. The van der Waals surface area contributed by atoms with Crippen molar-refractivity contribution in [1.29, 1.82) is 0 Å². The zero-order chi connectivity index (χ0) is 13.9. The fourth-order valence-electron chi connectivity index (χ4n) is 2.10. The van der Waals surface area contributed by atoms with E-state index in [1.807, 2.05) is 60.8 Å². The van der Waals surface area contributed by atoms with Crippen LogP contribution in [0, 0.1) is 0 Å². The number of H-pyrrole nitrogens is 1. The van der Waals surface area contributed by atoms with Crippen LogP contribution < -0.4 is 0 Å². The fourth-order valence-corrected chi connectivity index (χ4v) is 2.10. The molecular formula is C17H14N2O. The minimum atomic E-state index is 0.0751. The van der Waals surface area contributed by atoms with E-state index in [-0.39, 0.29) is 5.78 Å². The van der Waals surface area contributed by atoms with E-state index < -0.39 is 0 Å². The van der Waals surface area contributed by atoms with Gasteiger partial charge in [-0.05, 0) is 12.5 Å². The van der Waals surface area contributed by atoms with Crippen LogP contribution in [0.4, 0.5) is 0 Å². The number of carbonyl (C=O) groups excluding carboxylic acids is 1. The second kappa shape index (κ2) is 5.13. The van der Waals surface area contributed by atoms with Crippen molar-refractivity contribution in [3.05, 3.63) is 66.4 Å². The summed E-state index contributed by atoms with van der Waals surface area (Å²) in [7, 11) is 0. The lowest BCUT2D eigenvalue weighted by molar-refractivity contribution is 0.101. The van der Waals surface area contributed by atoms with Gasteiger partial charge < -0.3 is 4.98 Å². The van der Waals surface area contributed by atoms with Crippen LogP contribution in [0.5, 0.6) is 0 Å². The zero-order valence-corrected chi connectivity index (χ0v) is 11.1. The van der Waals surface area contributed by atoms with Crippen LogP contribution in [0.25, 0.3) is 22.6 Å². The van der Waals surface area contributed by atoms with E-state index in [1.54, 1.807) is 6.92 Å². The number of Topliss-reactive ketones (excluding diaryl/α,β-unsaturated/α-hetero) is 1. The molecule has 3 nitrogen and oxygen atoms in total. The second-order valence-electron chi connectivity index (χ2n) is 4.65. The molecule has 0 aliphatic rings. The molecular weight excluding hydrogens is 248 g/mol. The predicted octanol–water partition coefficient (Wildman–Crippen LogP) is 3.95. The van der Waals surface area contributed by atoms with Gasteiger partial charge in [-0.15, -0.1) is 0 Å². The Bertz CT molecular complexity index is 727. The molecule has 0 unspecified atom stereocenters. The highest BCUT2D eigenvalue weighted by atomic mass is 16.1. The molecule has 20 heavy (non-hydrogen) atoms. The van der Waals surface area contributed by atoms with Gasteiger partial charge >= 0.3 is 0 Å². The van der Waals surface area contributed by atoms with Crippen LogP contribution in [0.3, 0.4) is 0 Å². The quantitative estimate of drug-likeness (QED) is 0.726. The first-order chi connectivity index (χ1) is 9.74. The number of aromatic nitrogens is 2. The van der Waals surface area contributed by atoms with Crippen molar-refractivity contribution in [3.8, 4) is 22.6 Å². The molecule has 1 aromatic heterocycles. The van der Waals surface area contributed by atoms with Gasteiger partial charge in [-0.3, -0.25) is 4.79 Å². The first kappa shape index (κ1) is 12.4. The molecule has 1 N–H and O–H groups in total. The van der Waals surface area contributed by atoms with Gasteiger partial charge in [0.2, 0.25) is 0 Å². The van der Waals surface area contributed by atoms with Crippen LogP contribution >= 0.6 is 0 Å². The number of imidazole rings is 1. The van der Waals surface area contributed by atoms with Crippen LogP contribution in [0.15, 0.2) is 60.8 Å². The van der Waals surface area contributed by atoms with Crippen LogP contribution in [-0.2, 0) is 0 Å². The molecule has 2 aromatic carbocycles. The first-order valence-corrected chi connectivity index (χ1v) is 6.46. The molecule has 0 saturated heterocycles. The van der Waals surface area contributed by atoms with Crippen LogP contribution in [-0.4, -0.2) is 15.8 Å². The van der Waals surface area contributed by atoms with Gasteiger partial charge in [0.15, 0.2) is 5.78 Å². The number of rotatable bonds is 3. The van der Waals surface area contributed by atoms with E-state index in [0.717, 1.165) is 28.2 Å². The van der Waals surface area contributed by atoms with E-state index in [4.69, 9.17) is 0 Å². The third-order valence-electron chi connectivity index (χ3n) is 3.23. The summed E-state index contributed by atoms with van der Waals surface area (Å²) in [5.74, 6) is 0.919. The summed E-state index contributed by atoms with van der Waals surface area (Å²) in [6, 6.07) is 17.5. The number of hydrogen-bond donors (Lipinski definition) is 1. The lowest BCUT2D eigenvalue weighted by atomic mass is 10.1. The van der Waals surface area contributed by atoms with Crippen molar-refractivity contribution in [2.24, 2.45) is 0 Å². The molecule has 0 radical (unpaired) electrons. The van der Waals surface area contributed by atoms with Crippen molar-refractivity contribution < 1.29 is 4.79 Å². The number of nitrogens with zero attached hydrogens (tertiary/aromatic N) is 1. The Morgan fingerprint density at radius 3 is 2.30 bits per heavy atom. The second-order valence-corrected chi connectivity index (χ2v) is 4.65. The van der Waals surface area contributed by atoms with Crippen LogP contribution in [0.2, 0.25) is 0 Å². The summed E-state index contributed by atoms with van der Waals surface area (Å²) in [5.41, 5.74) is 3.74. The molecule has 0 aliphatic heterocycles. The maximum atomic E-state index is 11.3. The summed E-state index contributed by atoms with van der Waals surface area (Å²) in [4.78, 5) is 19.0. The molecule has 3 heteroatoms. The molecule has 0 bridgehead atoms. The maximum absolute atomic E-state index is 11.3. The van der Waals surface area contributed by atoms with Crippen molar-refractivity contribution in [3.63, 3.8) is 0 Å². The number of carbonyl (C=O) groups is 1. The molecule has 1 heterocycles. The Kier molecular flexibility index (Phi) is 3.17.